The number of nitrogens with one attached hydrogen (secondary N) is 1. The molecule has 1 saturated heterocycles. The monoisotopic (exact) mass is 412 g/mol. The molecule has 0 unspecified atom stereocenters. The Morgan fingerprint density at radius 3 is 2.71 bits per heavy atom. The molecule has 1 N–H and O–H groups in total. The summed E-state index contributed by atoms with van der Waals surface area (Å²) in [5, 5.41) is 3.30. The van der Waals surface area contributed by atoms with Gasteiger partial charge in [-0.2, -0.15) is 0 Å². The summed E-state index contributed by atoms with van der Waals surface area (Å²) in [4.78, 5) is 26.5. The lowest BCUT2D eigenvalue weighted by Gasteiger charge is -2.23. The Morgan fingerprint density at radius 1 is 1.18 bits per heavy atom. The predicted octanol–water partition coefficient (Wildman–Crippen LogP) is 4.96. The van der Waals surface area contributed by atoms with Gasteiger partial charge in [0.2, 0.25) is 5.91 Å². The number of rotatable bonds is 5. The van der Waals surface area contributed by atoms with Crippen LogP contribution in [-0.2, 0) is 11.3 Å². The number of anilines is 1. The summed E-state index contributed by atoms with van der Waals surface area (Å²) < 4.78 is 5.38. The largest absolute Gasteiger partial charge is 0.467 e. The topological polar surface area (TPSA) is 62.6 Å². The van der Waals surface area contributed by atoms with Crippen LogP contribution in [0.5, 0.6) is 0 Å². The van der Waals surface area contributed by atoms with Crippen molar-refractivity contribution in [1.29, 1.82) is 0 Å². The fraction of sp³-hybridized carbons (Fsp3) is 0.143. The summed E-state index contributed by atoms with van der Waals surface area (Å²) >= 11 is 7.52. The summed E-state index contributed by atoms with van der Waals surface area (Å²) in [7, 11) is 0. The van der Waals surface area contributed by atoms with E-state index in [4.69, 9.17) is 16.0 Å². The van der Waals surface area contributed by atoms with Gasteiger partial charge in [0.25, 0.3) is 5.91 Å². The molecule has 1 aliphatic heterocycles. The van der Waals surface area contributed by atoms with Crippen molar-refractivity contribution in [3.8, 4) is 0 Å². The molecule has 2 amide bonds. The van der Waals surface area contributed by atoms with Crippen LogP contribution in [0.1, 0.15) is 27.1 Å². The number of carbonyl (C=O) groups is 2. The lowest BCUT2D eigenvalue weighted by atomic mass is 10.1. The van der Waals surface area contributed by atoms with E-state index in [-0.39, 0.29) is 17.2 Å². The average Bonchev–Trinajstić information content (AvgIpc) is 3.33. The fourth-order valence-electron chi connectivity index (χ4n) is 3.04. The number of hydrogen-bond acceptors (Lipinski definition) is 4. The highest BCUT2D eigenvalue weighted by molar-refractivity contribution is 8.00. The van der Waals surface area contributed by atoms with Crippen LogP contribution in [0.2, 0.25) is 5.02 Å². The Labute approximate surface area is 171 Å². The van der Waals surface area contributed by atoms with Gasteiger partial charge in [-0.3, -0.25) is 9.59 Å². The van der Waals surface area contributed by atoms with Crippen molar-refractivity contribution in [1.82, 2.24) is 4.90 Å². The van der Waals surface area contributed by atoms with Crippen LogP contribution in [0, 0.1) is 0 Å². The maximum Gasteiger partial charge on any atom is 0.255 e. The van der Waals surface area contributed by atoms with Crippen molar-refractivity contribution in [3.05, 3.63) is 88.8 Å². The van der Waals surface area contributed by atoms with E-state index in [1.165, 1.54) is 0 Å². The van der Waals surface area contributed by atoms with Crippen molar-refractivity contribution in [3.63, 3.8) is 0 Å². The second-order valence-corrected chi connectivity index (χ2v) is 7.86. The van der Waals surface area contributed by atoms with Crippen LogP contribution in [0.4, 0.5) is 5.69 Å². The van der Waals surface area contributed by atoms with Crippen LogP contribution in [0.3, 0.4) is 0 Å². The van der Waals surface area contributed by atoms with Gasteiger partial charge in [-0.25, -0.2) is 0 Å². The van der Waals surface area contributed by atoms with Gasteiger partial charge in [-0.1, -0.05) is 29.8 Å². The Hall–Kier alpha value is -2.70. The SMILES string of the molecule is O=C(Nc1cccc(Cl)c1)c1ccc([C@@H]2SCC(=O)N2Cc2ccco2)cc1. The fourth-order valence-corrected chi connectivity index (χ4v) is 4.42. The van der Waals surface area contributed by atoms with Crippen molar-refractivity contribution >= 4 is 40.9 Å². The van der Waals surface area contributed by atoms with Gasteiger partial charge in [0.05, 0.1) is 18.6 Å². The van der Waals surface area contributed by atoms with Crippen molar-refractivity contribution in [2.45, 2.75) is 11.9 Å². The number of nitrogens with zero attached hydrogens (tertiary/aromatic N) is 1. The number of furan rings is 1. The van der Waals surface area contributed by atoms with E-state index in [0.717, 1.165) is 11.3 Å². The minimum absolute atomic E-state index is 0.0779. The first-order valence-electron chi connectivity index (χ1n) is 8.70. The zero-order chi connectivity index (χ0) is 19.5. The molecule has 1 fully saturated rings. The molecule has 2 aromatic carbocycles. The van der Waals surface area contributed by atoms with Gasteiger partial charge < -0.3 is 14.6 Å². The minimum atomic E-state index is -0.212. The summed E-state index contributed by atoms with van der Waals surface area (Å²) in [6, 6.07) is 18.0. The quantitative estimate of drug-likeness (QED) is 0.643. The molecule has 4 rings (SSSR count). The molecule has 3 aromatic rings. The molecule has 2 heterocycles. The molecule has 1 aromatic heterocycles. The second-order valence-electron chi connectivity index (χ2n) is 6.35. The summed E-state index contributed by atoms with van der Waals surface area (Å²) in [6.07, 6.45) is 1.60. The maximum atomic E-state index is 12.4. The Balaban J connectivity index is 1.47. The molecule has 1 atom stereocenters. The van der Waals surface area contributed by atoms with E-state index in [9.17, 15) is 9.59 Å². The number of benzene rings is 2. The standard InChI is InChI=1S/C21H17ClN2O3S/c22-16-3-1-4-17(11-16)23-20(26)14-6-8-15(9-7-14)21-24(19(25)13-28-21)12-18-5-2-10-27-18/h1-11,21H,12-13H2,(H,23,26)/t21-/m0/s1. The van der Waals surface area contributed by atoms with E-state index in [0.29, 0.717) is 28.6 Å². The second kappa shape index (κ2) is 8.12. The molecule has 7 heteroatoms. The molecule has 0 radical (unpaired) electrons. The molecular weight excluding hydrogens is 396 g/mol. The third kappa shape index (κ3) is 4.08. The first kappa shape index (κ1) is 18.7. The van der Waals surface area contributed by atoms with Gasteiger partial charge in [-0.15, -0.1) is 11.8 Å². The highest BCUT2D eigenvalue weighted by Gasteiger charge is 2.33. The average molecular weight is 413 g/mol. The van der Waals surface area contributed by atoms with E-state index >= 15 is 0 Å². The number of halogens is 1. The number of hydrogen-bond donors (Lipinski definition) is 1. The zero-order valence-corrected chi connectivity index (χ0v) is 16.4. The zero-order valence-electron chi connectivity index (χ0n) is 14.8. The lowest BCUT2D eigenvalue weighted by molar-refractivity contribution is -0.128. The van der Waals surface area contributed by atoms with E-state index in [1.54, 1.807) is 59.3 Å². The molecule has 28 heavy (non-hydrogen) atoms. The Kier molecular flexibility index (Phi) is 5.41. The van der Waals surface area contributed by atoms with Gasteiger partial charge in [0.15, 0.2) is 0 Å². The van der Waals surface area contributed by atoms with Gasteiger partial charge in [0, 0.05) is 16.3 Å². The molecule has 0 saturated carbocycles. The van der Waals surface area contributed by atoms with Gasteiger partial charge in [0.1, 0.15) is 11.1 Å². The summed E-state index contributed by atoms with van der Waals surface area (Å²) in [6.45, 7) is 0.431. The highest BCUT2D eigenvalue weighted by atomic mass is 35.5. The van der Waals surface area contributed by atoms with Crippen LogP contribution in [0.25, 0.3) is 0 Å². The third-order valence-electron chi connectivity index (χ3n) is 4.41. The molecule has 0 aliphatic carbocycles. The van der Waals surface area contributed by atoms with E-state index < -0.39 is 0 Å². The predicted molar refractivity (Wildman–Crippen MR) is 110 cm³/mol. The Bertz CT molecular complexity index is 989. The number of amides is 2. The first-order valence-corrected chi connectivity index (χ1v) is 10.1. The van der Waals surface area contributed by atoms with Gasteiger partial charge in [-0.05, 0) is 48.0 Å². The molecule has 0 bridgehead atoms. The normalized spacial score (nSPS) is 16.4. The van der Waals surface area contributed by atoms with E-state index in [2.05, 4.69) is 5.32 Å². The molecule has 5 nitrogen and oxygen atoms in total. The van der Waals surface area contributed by atoms with Crippen LogP contribution in [-0.4, -0.2) is 22.5 Å². The maximum absolute atomic E-state index is 12.4. The lowest BCUT2D eigenvalue weighted by Crippen LogP contribution is -2.27. The summed E-state index contributed by atoms with van der Waals surface area (Å²) in [5.74, 6) is 1.05. The number of thioether (sulfide) groups is 1. The minimum Gasteiger partial charge on any atom is -0.467 e. The van der Waals surface area contributed by atoms with Crippen LogP contribution >= 0.6 is 23.4 Å². The highest BCUT2D eigenvalue weighted by Crippen LogP contribution is 2.39. The molecule has 1 aliphatic rings. The van der Waals surface area contributed by atoms with Crippen LogP contribution < -0.4 is 5.32 Å². The number of carbonyl (C=O) groups excluding carboxylic acids is 2. The first-order chi connectivity index (χ1) is 13.6. The third-order valence-corrected chi connectivity index (χ3v) is 5.91. The molecule has 0 spiro atoms. The van der Waals surface area contributed by atoms with Gasteiger partial charge >= 0.3 is 0 Å². The van der Waals surface area contributed by atoms with Crippen molar-refractivity contribution in [2.24, 2.45) is 0 Å². The smallest absolute Gasteiger partial charge is 0.255 e. The van der Waals surface area contributed by atoms with Crippen molar-refractivity contribution in [2.75, 3.05) is 11.1 Å². The molecular formula is C21H17ClN2O3S. The van der Waals surface area contributed by atoms with Crippen molar-refractivity contribution < 1.29 is 14.0 Å². The molecule has 142 valence electrons. The Morgan fingerprint density at radius 2 is 2.00 bits per heavy atom. The summed E-state index contributed by atoms with van der Waals surface area (Å²) in [5.41, 5.74) is 2.15. The van der Waals surface area contributed by atoms with Crippen LogP contribution in [0.15, 0.2) is 71.3 Å². The van der Waals surface area contributed by atoms with E-state index in [1.807, 2.05) is 24.3 Å².